The number of halogens is 1. The van der Waals surface area contributed by atoms with Crippen molar-refractivity contribution in [2.75, 3.05) is 20.8 Å². The van der Waals surface area contributed by atoms with Crippen LogP contribution in [0.5, 0.6) is 11.5 Å². The second-order valence-corrected chi connectivity index (χ2v) is 8.95. The van der Waals surface area contributed by atoms with Crippen molar-refractivity contribution < 1.29 is 17.9 Å². The van der Waals surface area contributed by atoms with Crippen LogP contribution in [-0.2, 0) is 16.6 Å². The van der Waals surface area contributed by atoms with Crippen LogP contribution in [-0.4, -0.2) is 38.1 Å². The fourth-order valence-electron chi connectivity index (χ4n) is 3.76. The quantitative estimate of drug-likeness (QED) is 0.612. The Hall–Kier alpha value is -2.48. The standard InChI is InChI=1S/C21H21ClN2O4S/c1-27-15-9-10-16(19(14-15)28-2)21-18-7-5-11-23(18)12-13-24(21)29(25,26)20-8-4-3-6-17(20)22/h3-11,14,21H,12-13H2,1-2H3. The van der Waals surface area contributed by atoms with Gasteiger partial charge in [0.15, 0.2) is 0 Å². The molecule has 29 heavy (non-hydrogen) atoms. The van der Waals surface area contributed by atoms with Gasteiger partial charge in [-0.15, -0.1) is 0 Å². The maximum absolute atomic E-state index is 13.6. The van der Waals surface area contributed by atoms with Crippen molar-refractivity contribution in [2.24, 2.45) is 0 Å². The molecule has 1 unspecified atom stereocenters. The zero-order valence-electron chi connectivity index (χ0n) is 16.1. The van der Waals surface area contributed by atoms with Crippen LogP contribution in [0.4, 0.5) is 0 Å². The van der Waals surface area contributed by atoms with Gasteiger partial charge in [-0.1, -0.05) is 23.7 Å². The molecule has 152 valence electrons. The van der Waals surface area contributed by atoms with Gasteiger partial charge in [0, 0.05) is 36.6 Å². The second kappa shape index (κ2) is 7.74. The van der Waals surface area contributed by atoms with E-state index in [1.807, 2.05) is 24.4 Å². The second-order valence-electron chi connectivity index (χ2n) is 6.68. The molecule has 0 radical (unpaired) electrons. The van der Waals surface area contributed by atoms with Gasteiger partial charge >= 0.3 is 0 Å². The Morgan fingerprint density at radius 3 is 2.52 bits per heavy atom. The molecule has 0 aliphatic carbocycles. The maximum atomic E-state index is 13.6. The first-order chi connectivity index (χ1) is 14.0. The average Bonchev–Trinajstić information content (AvgIpc) is 3.21. The van der Waals surface area contributed by atoms with E-state index in [0.717, 1.165) is 11.3 Å². The highest BCUT2D eigenvalue weighted by Crippen LogP contribution is 2.42. The number of methoxy groups -OCH3 is 2. The van der Waals surface area contributed by atoms with Crippen LogP contribution >= 0.6 is 11.6 Å². The van der Waals surface area contributed by atoms with Crippen molar-refractivity contribution in [2.45, 2.75) is 17.5 Å². The number of hydrogen-bond donors (Lipinski definition) is 0. The molecule has 0 saturated carbocycles. The maximum Gasteiger partial charge on any atom is 0.245 e. The molecule has 0 saturated heterocycles. The van der Waals surface area contributed by atoms with Crippen LogP contribution in [0.3, 0.4) is 0 Å². The number of fused-ring (bicyclic) bond motifs is 1. The van der Waals surface area contributed by atoms with Gasteiger partial charge in [0.2, 0.25) is 10.0 Å². The minimum Gasteiger partial charge on any atom is -0.497 e. The summed E-state index contributed by atoms with van der Waals surface area (Å²) < 4.78 is 41.7. The Bertz CT molecular complexity index is 1140. The SMILES string of the molecule is COc1ccc(C2c3cccn3CCN2S(=O)(=O)c2ccccc2Cl)c(OC)c1. The molecule has 2 heterocycles. The van der Waals surface area contributed by atoms with E-state index in [0.29, 0.717) is 24.6 Å². The van der Waals surface area contributed by atoms with Crippen molar-refractivity contribution >= 4 is 21.6 Å². The molecular formula is C21H21ClN2O4S. The molecule has 1 atom stereocenters. The molecule has 3 aromatic rings. The Kier molecular flexibility index (Phi) is 5.29. The lowest BCUT2D eigenvalue weighted by atomic mass is 10.0. The van der Waals surface area contributed by atoms with E-state index in [9.17, 15) is 8.42 Å². The molecule has 6 nitrogen and oxygen atoms in total. The highest BCUT2D eigenvalue weighted by molar-refractivity contribution is 7.89. The lowest BCUT2D eigenvalue weighted by Crippen LogP contribution is -2.42. The largest absolute Gasteiger partial charge is 0.497 e. The summed E-state index contributed by atoms with van der Waals surface area (Å²) in [5.41, 5.74) is 1.61. The Balaban J connectivity index is 1.90. The molecule has 4 rings (SSSR count). The summed E-state index contributed by atoms with van der Waals surface area (Å²) in [4.78, 5) is 0.0964. The minimum absolute atomic E-state index is 0.0964. The van der Waals surface area contributed by atoms with E-state index in [-0.39, 0.29) is 9.92 Å². The molecule has 1 aromatic heterocycles. The van der Waals surface area contributed by atoms with Gasteiger partial charge in [-0.05, 0) is 36.4 Å². The van der Waals surface area contributed by atoms with Gasteiger partial charge in [0.25, 0.3) is 0 Å². The van der Waals surface area contributed by atoms with Crippen molar-refractivity contribution in [1.82, 2.24) is 8.87 Å². The monoisotopic (exact) mass is 432 g/mol. The van der Waals surface area contributed by atoms with Gasteiger partial charge < -0.3 is 14.0 Å². The van der Waals surface area contributed by atoms with E-state index in [4.69, 9.17) is 21.1 Å². The number of rotatable bonds is 5. The summed E-state index contributed by atoms with van der Waals surface area (Å²) in [6.07, 6.45) is 1.96. The highest BCUT2D eigenvalue weighted by atomic mass is 35.5. The summed E-state index contributed by atoms with van der Waals surface area (Å²) >= 11 is 6.25. The Labute approximate surface area is 175 Å². The van der Waals surface area contributed by atoms with Gasteiger partial charge in [-0.2, -0.15) is 4.31 Å². The third-order valence-electron chi connectivity index (χ3n) is 5.15. The van der Waals surface area contributed by atoms with Crippen molar-refractivity contribution in [3.63, 3.8) is 0 Å². The first-order valence-electron chi connectivity index (χ1n) is 9.10. The predicted octanol–water partition coefficient (Wildman–Crippen LogP) is 3.95. The predicted molar refractivity (Wildman–Crippen MR) is 111 cm³/mol. The van der Waals surface area contributed by atoms with Gasteiger partial charge in [-0.3, -0.25) is 0 Å². The molecule has 0 spiro atoms. The number of nitrogens with zero attached hydrogens (tertiary/aromatic N) is 2. The summed E-state index contributed by atoms with van der Waals surface area (Å²) in [6.45, 7) is 0.871. The summed E-state index contributed by atoms with van der Waals surface area (Å²) in [5, 5.41) is 0.203. The van der Waals surface area contributed by atoms with Gasteiger partial charge in [0.1, 0.15) is 16.4 Å². The topological polar surface area (TPSA) is 60.8 Å². The van der Waals surface area contributed by atoms with Crippen molar-refractivity contribution in [3.05, 3.63) is 77.1 Å². The molecule has 0 fully saturated rings. The summed E-state index contributed by atoms with van der Waals surface area (Å²) in [5.74, 6) is 1.20. The van der Waals surface area contributed by atoms with Crippen LogP contribution in [0.2, 0.25) is 5.02 Å². The molecule has 0 N–H and O–H groups in total. The lowest BCUT2D eigenvalue weighted by Gasteiger charge is -2.37. The minimum atomic E-state index is -3.85. The molecule has 8 heteroatoms. The molecule has 2 aromatic carbocycles. The number of ether oxygens (including phenoxy) is 2. The highest BCUT2D eigenvalue weighted by Gasteiger charge is 2.39. The normalized spacial score (nSPS) is 17.0. The zero-order valence-corrected chi connectivity index (χ0v) is 17.7. The summed E-state index contributed by atoms with van der Waals surface area (Å²) in [6, 6.07) is 15.2. The van der Waals surface area contributed by atoms with Crippen molar-refractivity contribution in [1.29, 1.82) is 0 Å². The van der Waals surface area contributed by atoms with Crippen LogP contribution in [0.1, 0.15) is 17.3 Å². The van der Waals surface area contributed by atoms with E-state index >= 15 is 0 Å². The smallest absolute Gasteiger partial charge is 0.245 e. The van der Waals surface area contributed by atoms with Crippen LogP contribution in [0, 0.1) is 0 Å². The number of hydrogen-bond acceptors (Lipinski definition) is 4. The molecule has 0 bridgehead atoms. The Morgan fingerprint density at radius 2 is 1.79 bits per heavy atom. The number of sulfonamides is 1. The third-order valence-corrected chi connectivity index (χ3v) is 7.52. The first-order valence-corrected chi connectivity index (χ1v) is 10.9. The van der Waals surface area contributed by atoms with E-state index in [1.54, 1.807) is 44.6 Å². The summed E-state index contributed by atoms with van der Waals surface area (Å²) in [7, 11) is -0.710. The molecule has 1 aliphatic rings. The van der Waals surface area contributed by atoms with Crippen molar-refractivity contribution in [3.8, 4) is 11.5 Å². The third kappa shape index (κ3) is 3.39. The fraction of sp³-hybridized carbons (Fsp3) is 0.238. The molecule has 1 aliphatic heterocycles. The van der Waals surface area contributed by atoms with E-state index in [2.05, 4.69) is 4.57 Å². The zero-order chi connectivity index (χ0) is 20.6. The van der Waals surface area contributed by atoms with E-state index < -0.39 is 16.1 Å². The lowest BCUT2D eigenvalue weighted by molar-refractivity contribution is 0.290. The molecular weight excluding hydrogens is 412 g/mol. The van der Waals surface area contributed by atoms with E-state index in [1.165, 1.54) is 10.4 Å². The van der Waals surface area contributed by atoms with Crippen LogP contribution < -0.4 is 9.47 Å². The van der Waals surface area contributed by atoms with Crippen LogP contribution in [0.15, 0.2) is 65.7 Å². The number of benzene rings is 2. The first kappa shape index (κ1) is 19.8. The average molecular weight is 433 g/mol. The number of aromatic nitrogens is 1. The Morgan fingerprint density at radius 1 is 1.00 bits per heavy atom. The van der Waals surface area contributed by atoms with Gasteiger partial charge in [-0.25, -0.2) is 8.42 Å². The van der Waals surface area contributed by atoms with Crippen LogP contribution in [0.25, 0.3) is 0 Å². The fourth-order valence-corrected chi connectivity index (χ4v) is 5.83. The van der Waals surface area contributed by atoms with Gasteiger partial charge in [0.05, 0.1) is 25.3 Å². The molecule has 0 amide bonds.